The molecule has 2 fully saturated rings. The van der Waals surface area contributed by atoms with Gasteiger partial charge in [-0.05, 0) is 58.3 Å². The standard InChI is InChI=1S/C19H36N2O2/c1-6-14-11-16(20-18(22)23-19(3,4)5)13-21(12-14)17(7-2)15-9-8-10-15/h14-17H,6-13H2,1-5H3,(H,20,22). The number of carbonyl (C=O) groups is 1. The van der Waals surface area contributed by atoms with E-state index < -0.39 is 5.60 Å². The molecule has 2 aliphatic rings. The monoisotopic (exact) mass is 324 g/mol. The zero-order valence-electron chi connectivity index (χ0n) is 15.7. The first kappa shape index (κ1) is 18.6. The largest absolute Gasteiger partial charge is 0.444 e. The first-order chi connectivity index (χ1) is 10.8. The van der Waals surface area contributed by atoms with Crippen LogP contribution in [0.15, 0.2) is 0 Å². The summed E-state index contributed by atoms with van der Waals surface area (Å²) in [5, 5.41) is 3.12. The fourth-order valence-corrected chi connectivity index (χ4v) is 4.10. The molecule has 1 aliphatic carbocycles. The Morgan fingerprint density at radius 2 is 1.96 bits per heavy atom. The van der Waals surface area contributed by atoms with Gasteiger partial charge in [-0.1, -0.05) is 26.7 Å². The molecule has 0 aromatic carbocycles. The van der Waals surface area contributed by atoms with Gasteiger partial charge in [-0.15, -0.1) is 0 Å². The molecule has 0 spiro atoms. The van der Waals surface area contributed by atoms with Gasteiger partial charge in [0.2, 0.25) is 0 Å². The van der Waals surface area contributed by atoms with E-state index in [2.05, 4.69) is 24.1 Å². The van der Waals surface area contributed by atoms with Crippen molar-refractivity contribution in [1.82, 2.24) is 10.2 Å². The van der Waals surface area contributed by atoms with E-state index in [1.807, 2.05) is 20.8 Å². The van der Waals surface area contributed by atoms with Crippen molar-refractivity contribution in [2.75, 3.05) is 13.1 Å². The van der Waals surface area contributed by atoms with Gasteiger partial charge in [0.1, 0.15) is 5.60 Å². The summed E-state index contributed by atoms with van der Waals surface area (Å²) in [5.74, 6) is 1.55. The zero-order valence-corrected chi connectivity index (χ0v) is 15.7. The van der Waals surface area contributed by atoms with Crippen LogP contribution in [0.5, 0.6) is 0 Å². The average molecular weight is 325 g/mol. The predicted octanol–water partition coefficient (Wildman–Crippen LogP) is 4.19. The molecule has 0 aromatic heterocycles. The molecule has 4 nitrogen and oxygen atoms in total. The van der Waals surface area contributed by atoms with Crippen LogP contribution < -0.4 is 5.32 Å². The number of amides is 1. The fraction of sp³-hybridized carbons (Fsp3) is 0.947. The number of nitrogens with one attached hydrogen (secondary N) is 1. The van der Waals surface area contributed by atoms with Crippen molar-refractivity contribution in [3.05, 3.63) is 0 Å². The Morgan fingerprint density at radius 3 is 2.43 bits per heavy atom. The number of piperidine rings is 1. The summed E-state index contributed by atoms with van der Waals surface area (Å²) in [7, 11) is 0. The SMILES string of the molecule is CCC1CC(NC(=O)OC(C)(C)C)CN(C(CC)C2CCC2)C1. The summed E-state index contributed by atoms with van der Waals surface area (Å²) in [6.45, 7) is 12.5. The van der Waals surface area contributed by atoms with E-state index in [0.717, 1.165) is 18.9 Å². The molecule has 4 heteroatoms. The molecule has 1 amide bonds. The second-order valence-electron chi connectivity index (χ2n) is 8.47. The maximum absolute atomic E-state index is 12.1. The Kier molecular flexibility index (Phi) is 6.35. The van der Waals surface area contributed by atoms with Gasteiger partial charge in [0, 0.05) is 25.2 Å². The van der Waals surface area contributed by atoms with E-state index in [-0.39, 0.29) is 12.1 Å². The third kappa shape index (κ3) is 5.37. The number of likely N-dealkylation sites (tertiary alicyclic amines) is 1. The summed E-state index contributed by atoms with van der Waals surface area (Å²) >= 11 is 0. The summed E-state index contributed by atoms with van der Waals surface area (Å²) in [6, 6.07) is 0.915. The lowest BCUT2D eigenvalue weighted by molar-refractivity contribution is 0.0258. The smallest absolute Gasteiger partial charge is 0.407 e. The summed E-state index contributed by atoms with van der Waals surface area (Å²) in [6.07, 6.45) is 7.38. The lowest BCUT2D eigenvalue weighted by Gasteiger charge is -2.46. The Morgan fingerprint density at radius 1 is 1.26 bits per heavy atom. The average Bonchev–Trinajstić information content (AvgIpc) is 2.39. The van der Waals surface area contributed by atoms with E-state index in [9.17, 15) is 4.79 Å². The molecule has 3 atom stereocenters. The second-order valence-corrected chi connectivity index (χ2v) is 8.47. The number of nitrogens with zero attached hydrogens (tertiary/aromatic N) is 1. The minimum absolute atomic E-state index is 0.220. The van der Waals surface area contributed by atoms with Crippen LogP contribution in [0, 0.1) is 11.8 Å². The number of alkyl carbamates (subject to hydrolysis) is 1. The Bertz CT molecular complexity index is 387. The number of carbonyl (C=O) groups excluding carboxylic acids is 1. The lowest BCUT2D eigenvalue weighted by atomic mass is 9.77. The van der Waals surface area contributed by atoms with E-state index in [0.29, 0.717) is 12.0 Å². The van der Waals surface area contributed by atoms with E-state index in [4.69, 9.17) is 4.74 Å². The van der Waals surface area contributed by atoms with Crippen LogP contribution in [0.1, 0.15) is 73.1 Å². The number of hydrogen-bond donors (Lipinski definition) is 1. The van der Waals surface area contributed by atoms with Crippen molar-refractivity contribution in [2.45, 2.75) is 90.8 Å². The van der Waals surface area contributed by atoms with Gasteiger partial charge in [-0.3, -0.25) is 4.90 Å². The van der Waals surface area contributed by atoms with Gasteiger partial charge in [-0.25, -0.2) is 4.79 Å². The molecule has 1 heterocycles. The highest BCUT2D eigenvalue weighted by Gasteiger charge is 2.36. The van der Waals surface area contributed by atoms with Gasteiger partial charge in [0.05, 0.1) is 0 Å². The van der Waals surface area contributed by atoms with Crippen LogP contribution in [-0.4, -0.2) is 41.8 Å². The summed E-state index contributed by atoms with van der Waals surface area (Å²) in [5.41, 5.74) is -0.430. The first-order valence-electron chi connectivity index (χ1n) is 9.56. The molecule has 0 bridgehead atoms. The minimum atomic E-state index is -0.430. The molecule has 1 saturated carbocycles. The molecule has 1 aliphatic heterocycles. The van der Waals surface area contributed by atoms with Crippen LogP contribution in [0.2, 0.25) is 0 Å². The van der Waals surface area contributed by atoms with Gasteiger partial charge in [0.25, 0.3) is 0 Å². The highest BCUT2D eigenvalue weighted by Crippen LogP contribution is 2.35. The molecule has 2 rings (SSSR count). The van der Waals surface area contributed by atoms with Gasteiger partial charge >= 0.3 is 6.09 Å². The van der Waals surface area contributed by atoms with Crippen LogP contribution in [-0.2, 0) is 4.74 Å². The molecule has 1 N–H and O–H groups in total. The highest BCUT2D eigenvalue weighted by molar-refractivity contribution is 5.68. The third-order valence-electron chi connectivity index (χ3n) is 5.44. The van der Waals surface area contributed by atoms with Crippen LogP contribution >= 0.6 is 0 Å². The third-order valence-corrected chi connectivity index (χ3v) is 5.44. The van der Waals surface area contributed by atoms with Gasteiger partial charge in [0.15, 0.2) is 0 Å². The van der Waals surface area contributed by atoms with E-state index in [1.165, 1.54) is 38.6 Å². The molecule has 0 radical (unpaired) electrons. The van der Waals surface area contributed by atoms with Crippen LogP contribution in [0.4, 0.5) is 4.79 Å². The second kappa shape index (κ2) is 7.87. The lowest BCUT2D eigenvalue weighted by Crippen LogP contribution is -2.56. The van der Waals surface area contributed by atoms with E-state index in [1.54, 1.807) is 0 Å². The molecular weight excluding hydrogens is 288 g/mol. The van der Waals surface area contributed by atoms with Crippen molar-refractivity contribution >= 4 is 6.09 Å². The van der Waals surface area contributed by atoms with Crippen LogP contribution in [0.3, 0.4) is 0 Å². The maximum Gasteiger partial charge on any atom is 0.407 e. The van der Waals surface area contributed by atoms with Crippen molar-refractivity contribution in [2.24, 2.45) is 11.8 Å². The summed E-state index contributed by atoms with van der Waals surface area (Å²) in [4.78, 5) is 14.8. The maximum atomic E-state index is 12.1. The molecule has 1 saturated heterocycles. The Hall–Kier alpha value is -0.770. The van der Waals surface area contributed by atoms with Gasteiger partial charge in [-0.2, -0.15) is 0 Å². The quantitative estimate of drug-likeness (QED) is 0.824. The normalized spacial score (nSPS) is 28.0. The predicted molar refractivity (Wildman–Crippen MR) is 94.5 cm³/mol. The van der Waals surface area contributed by atoms with Crippen molar-refractivity contribution in [3.8, 4) is 0 Å². The van der Waals surface area contributed by atoms with Crippen molar-refractivity contribution in [3.63, 3.8) is 0 Å². The number of rotatable bonds is 5. The Labute approximate surface area is 142 Å². The molecule has 3 unspecified atom stereocenters. The van der Waals surface area contributed by atoms with Crippen molar-refractivity contribution in [1.29, 1.82) is 0 Å². The number of hydrogen-bond acceptors (Lipinski definition) is 3. The number of ether oxygens (including phenoxy) is 1. The molecule has 23 heavy (non-hydrogen) atoms. The molecule has 134 valence electrons. The van der Waals surface area contributed by atoms with Gasteiger partial charge < -0.3 is 10.1 Å². The molecular formula is C19H36N2O2. The fourth-order valence-electron chi connectivity index (χ4n) is 4.10. The summed E-state index contributed by atoms with van der Waals surface area (Å²) < 4.78 is 5.44. The Balaban J connectivity index is 1.95. The topological polar surface area (TPSA) is 41.6 Å². The first-order valence-corrected chi connectivity index (χ1v) is 9.56. The minimum Gasteiger partial charge on any atom is -0.444 e. The molecule has 0 aromatic rings. The van der Waals surface area contributed by atoms with E-state index >= 15 is 0 Å². The van der Waals surface area contributed by atoms with Crippen molar-refractivity contribution < 1.29 is 9.53 Å². The zero-order chi connectivity index (χ0) is 17.0. The van der Waals surface area contributed by atoms with Crippen LogP contribution in [0.25, 0.3) is 0 Å². The highest BCUT2D eigenvalue weighted by atomic mass is 16.6.